The van der Waals surface area contributed by atoms with Crippen LogP contribution in [-0.2, 0) is 19.1 Å². The number of esters is 1. The van der Waals surface area contributed by atoms with Gasteiger partial charge in [0.15, 0.2) is 0 Å². The van der Waals surface area contributed by atoms with Gasteiger partial charge >= 0.3 is 18.1 Å². The van der Waals surface area contributed by atoms with E-state index in [1.54, 1.807) is 29.2 Å². The van der Waals surface area contributed by atoms with Gasteiger partial charge in [-0.1, -0.05) is 29.8 Å². The van der Waals surface area contributed by atoms with Crippen LogP contribution in [0.1, 0.15) is 53.9 Å². The number of amides is 3. The third-order valence-corrected chi connectivity index (χ3v) is 6.98. The Hall–Kier alpha value is -4.16. The lowest BCUT2D eigenvalue weighted by molar-refractivity contribution is -0.174. The number of ether oxygens (including phenoxy) is 2. The Bertz CT molecular complexity index is 1270. The number of rotatable bonds is 8. The van der Waals surface area contributed by atoms with E-state index in [1.807, 2.05) is 12.2 Å². The van der Waals surface area contributed by atoms with Gasteiger partial charge in [-0.05, 0) is 44.4 Å². The monoisotopic (exact) mass is 576 g/mol. The molecule has 2 fully saturated rings. The number of nitrogens with one attached hydrogen (secondary N) is 2. The first-order chi connectivity index (χ1) is 19.4. The maximum atomic E-state index is 12.9. The van der Waals surface area contributed by atoms with Crippen LogP contribution in [0.25, 0.3) is 0 Å². The normalized spacial score (nSPS) is 20.5. The second-order valence-corrected chi connectivity index (χ2v) is 10.3. The summed E-state index contributed by atoms with van der Waals surface area (Å²) in [6, 6.07) is 8.47. The number of carbonyl (C=O) groups is 4. The summed E-state index contributed by atoms with van der Waals surface area (Å²) >= 11 is 0. The summed E-state index contributed by atoms with van der Waals surface area (Å²) in [6.07, 6.45) is -3.34. The van der Waals surface area contributed by atoms with E-state index < -0.39 is 42.0 Å². The highest BCUT2D eigenvalue weighted by Crippen LogP contribution is 2.27. The van der Waals surface area contributed by atoms with Crippen LogP contribution >= 0.6 is 0 Å². The summed E-state index contributed by atoms with van der Waals surface area (Å²) < 4.78 is 49.4. The van der Waals surface area contributed by atoms with Gasteiger partial charge in [0.25, 0.3) is 5.91 Å². The summed E-state index contributed by atoms with van der Waals surface area (Å²) in [5.74, 6) is -3.42. The summed E-state index contributed by atoms with van der Waals surface area (Å²) in [6.45, 7) is 4.17. The molecule has 3 heterocycles. The van der Waals surface area contributed by atoms with Crippen LogP contribution in [0.5, 0.6) is 5.75 Å². The summed E-state index contributed by atoms with van der Waals surface area (Å²) in [4.78, 5) is 54.3. The molecule has 0 aliphatic carbocycles. The molecule has 0 radical (unpaired) electrons. The van der Waals surface area contributed by atoms with Gasteiger partial charge in [0.1, 0.15) is 24.2 Å². The van der Waals surface area contributed by atoms with Crippen molar-refractivity contribution < 1.29 is 41.8 Å². The minimum Gasteiger partial charge on any atom is -0.482 e. The van der Waals surface area contributed by atoms with E-state index in [0.29, 0.717) is 31.5 Å². The van der Waals surface area contributed by atoms with Crippen LogP contribution in [0.3, 0.4) is 0 Å². The molecule has 4 atom stereocenters. The third-order valence-electron chi connectivity index (χ3n) is 6.98. The highest BCUT2D eigenvalue weighted by atomic mass is 19.4. The number of benzene rings is 1. The molecule has 4 rings (SSSR count). The molecule has 2 aliphatic heterocycles. The summed E-state index contributed by atoms with van der Waals surface area (Å²) in [5, 5.41) is 4.81. The molecule has 2 aromatic rings. The van der Waals surface area contributed by atoms with Gasteiger partial charge in [0.2, 0.25) is 5.91 Å². The Kier molecular flexibility index (Phi) is 9.14. The van der Waals surface area contributed by atoms with E-state index in [9.17, 15) is 32.3 Å². The molecule has 220 valence electrons. The first kappa shape index (κ1) is 29.8. The van der Waals surface area contributed by atoms with Gasteiger partial charge in [-0.25, -0.2) is 4.98 Å². The zero-order valence-corrected chi connectivity index (χ0v) is 22.6. The molecule has 1 aromatic heterocycles. The van der Waals surface area contributed by atoms with Crippen LogP contribution in [0.2, 0.25) is 0 Å². The number of cyclic esters (lactones) is 1. The van der Waals surface area contributed by atoms with Crippen LogP contribution in [0.4, 0.5) is 13.2 Å². The van der Waals surface area contributed by atoms with Gasteiger partial charge in [0, 0.05) is 19.1 Å². The molecule has 0 unspecified atom stereocenters. The quantitative estimate of drug-likeness (QED) is 0.463. The number of carbonyl (C=O) groups excluding carboxylic acids is 4. The largest absolute Gasteiger partial charge is 0.482 e. The molecule has 2 saturated heterocycles. The van der Waals surface area contributed by atoms with E-state index in [-0.39, 0.29) is 36.4 Å². The van der Waals surface area contributed by atoms with Crippen LogP contribution in [-0.4, -0.2) is 71.5 Å². The van der Waals surface area contributed by atoms with E-state index in [1.165, 1.54) is 25.3 Å². The van der Waals surface area contributed by atoms with Crippen LogP contribution in [0.15, 0.2) is 42.6 Å². The second kappa shape index (κ2) is 12.6. The predicted molar refractivity (Wildman–Crippen MR) is 139 cm³/mol. The lowest BCUT2D eigenvalue weighted by atomic mass is 10.0. The first-order valence-corrected chi connectivity index (χ1v) is 13.2. The Balaban J connectivity index is 1.39. The molecule has 10 nitrogen and oxygen atoms in total. The molecule has 41 heavy (non-hydrogen) atoms. The van der Waals surface area contributed by atoms with E-state index in [2.05, 4.69) is 10.3 Å². The van der Waals surface area contributed by atoms with Crippen molar-refractivity contribution >= 4 is 23.7 Å². The molecule has 0 bridgehead atoms. The third kappa shape index (κ3) is 7.74. The minimum atomic E-state index is -5.05. The van der Waals surface area contributed by atoms with Crippen molar-refractivity contribution in [3.05, 3.63) is 59.4 Å². The van der Waals surface area contributed by atoms with Gasteiger partial charge < -0.3 is 25.0 Å². The molecular formula is C28H31F3N4O6. The first-order valence-electron chi connectivity index (χ1n) is 13.2. The Morgan fingerprint density at radius 3 is 2.49 bits per heavy atom. The van der Waals surface area contributed by atoms with Gasteiger partial charge in [-0.3, -0.25) is 19.2 Å². The SMILES string of the molecule is Cc1ccc([C@@H](Oc2ccc(C(=O)N[C@H]3CCCN(C(=O)[C@@H]4COC(=O)C4)C3)nc2)[C@H](C)NC(=O)C(F)(F)F)cc1. The van der Waals surface area contributed by atoms with E-state index >= 15 is 0 Å². The number of piperidine rings is 1. The number of aryl methyl sites for hydroxylation is 1. The molecular weight excluding hydrogens is 545 g/mol. The van der Waals surface area contributed by atoms with Crippen molar-refractivity contribution in [2.45, 2.75) is 57.5 Å². The molecule has 2 N–H and O–H groups in total. The molecule has 3 amide bonds. The van der Waals surface area contributed by atoms with Crippen molar-refractivity contribution in [3.63, 3.8) is 0 Å². The van der Waals surface area contributed by atoms with Crippen molar-refractivity contribution in [2.75, 3.05) is 19.7 Å². The van der Waals surface area contributed by atoms with Crippen molar-refractivity contribution in [3.8, 4) is 5.75 Å². The van der Waals surface area contributed by atoms with Crippen LogP contribution in [0, 0.1) is 12.8 Å². The summed E-state index contributed by atoms with van der Waals surface area (Å²) in [7, 11) is 0. The lowest BCUT2D eigenvalue weighted by Gasteiger charge is -2.34. The topological polar surface area (TPSA) is 127 Å². The maximum absolute atomic E-state index is 12.9. The average Bonchev–Trinajstić information content (AvgIpc) is 3.38. The Labute approximate surface area is 234 Å². The number of aromatic nitrogens is 1. The number of halogens is 3. The number of hydrogen-bond donors (Lipinski definition) is 2. The van der Waals surface area contributed by atoms with Crippen molar-refractivity contribution in [2.24, 2.45) is 5.92 Å². The minimum absolute atomic E-state index is 0.0585. The van der Waals surface area contributed by atoms with Gasteiger partial charge in [0.05, 0.1) is 24.6 Å². The predicted octanol–water partition coefficient (Wildman–Crippen LogP) is 2.86. The number of likely N-dealkylation sites (tertiary alicyclic amines) is 1. The lowest BCUT2D eigenvalue weighted by Crippen LogP contribution is -2.51. The second-order valence-electron chi connectivity index (χ2n) is 10.3. The van der Waals surface area contributed by atoms with Gasteiger partial charge in [-0.15, -0.1) is 0 Å². The number of nitrogens with zero attached hydrogens (tertiary/aromatic N) is 2. The zero-order chi connectivity index (χ0) is 29.7. The fourth-order valence-electron chi connectivity index (χ4n) is 4.79. The van der Waals surface area contributed by atoms with Gasteiger partial charge in [-0.2, -0.15) is 13.2 Å². The van der Waals surface area contributed by atoms with E-state index in [0.717, 1.165) is 5.56 Å². The number of pyridine rings is 1. The Morgan fingerprint density at radius 2 is 1.88 bits per heavy atom. The molecule has 0 saturated carbocycles. The molecule has 0 spiro atoms. The summed E-state index contributed by atoms with van der Waals surface area (Å²) in [5.41, 5.74) is 1.56. The fourth-order valence-corrected chi connectivity index (χ4v) is 4.79. The number of hydrogen-bond acceptors (Lipinski definition) is 7. The number of alkyl halides is 3. The maximum Gasteiger partial charge on any atom is 0.471 e. The Morgan fingerprint density at radius 1 is 1.15 bits per heavy atom. The van der Waals surface area contributed by atoms with E-state index in [4.69, 9.17) is 9.47 Å². The molecule has 1 aromatic carbocycles. The highest BCUT2D eigenvalue weighted by molar-refractivity contribution is 5.92. The average molecular weight is 577 g/mol. The van der Waals surface area contributed by atoms with Crippen molar-refractivity contribution in [1.29, 1.82) is 0 Å². The fraction of sp³-hybridized carbons (Fsp3) is 0.464. The highest BCUT2D eigenvalue weighted by Gasteiger charge is 2.40. The zero-order valence-electron chi connectivity index (χ0n) is 22.6. The van der Waals surface area contributed by atoms with Crippen molar-refractivity contribution in [1.82, 2.24) is 20.5 Å². The molecule has 2 aliphatic rings. The van der Waals surface area contributed by atoms with Crippen LogP contribution < -0.4 is 15.4 Å². The standard InChI is InChI=1S/C28H31F3N4O6/c1-16-5-7-18(8-6-16)24(17(2)33-27(39)28(29,30)31)41-21-9-10-22(32-13-21)25(37)34-20-4-3-11-35(14-20)26(38)19-12-23(36)40-15-19/h5-10,13,17,19-20,24H,3-4,11-12,14-15H2,1-2H3,(H,33,39)(H,34,37)/t17-,19-,20-,24-/m0/s1. The smallest absolute Gasteiger partial charge is 0.471 e. The molecule has 13 heteroatoms.